The van der Waals surface area contributed by atoms with E-state index in [4.69, 9.17) is 14.2 Å². The van der Waals surface area contributed by atoms with Crippen LogP contribution < -0.4 is 23.8 Å². The Kier molecular flexibility index (Phi) is 5.99. The van der Waals surface area contributed by atoms with E-state index in [0.717, 1.165) is 0 Å². The molecule has 1 heterocycles. The standard InChI is InChI=1S/C20H24N2O6S/c1-13-9-16(6-8-17(13)26-2)29(24,25)21-14-10-20(23)22(12-14)15-5-7-18(27-3)19(11-15)28-4/h5-9,11,14,21H,10,12H2,1-4H3/t14-/m0/s1. The predicted octanol–water partition coefficient (Wildman–Crippen LogP) is 2.10. The van der Waals surface area contributed by atoms with Crippen LogP contribution in [0.25, 0.3) is 0 Å². The molecule has 1 fully saturated rings. The Morgan fingerprint density at radius 2 is 1.62 bits per heavy atom. The summed E-state index contributed by atoms with van der Waals surface area (Å²) in [7, 11) is 0.804. The van der Waals surface area contributed by atoms with E-state index in [0.29, 0.717) is 28.5 Å². The van der Waals surface area contributed by atoms with Crippen molar-refractivity contribution >= 4 is 21.6 Å². The van der Waals surface area contributed by atoms with E-state index < -0.39 is 16.1 Å². The first-order chi connectivity index (χ1) is 13.8. The van der Waals surface area contributed by atoms with E-state index in [2.05, 4.69) is 4.72 Å². The van der Waals surface area contributed by atoms with E-state index in [1.165, 1.54) is 32.3 Å². The fourth-order valence-corrected chi connectivity index (χ4v) is 4.65. The van der Waals surface area contributed by atoms with E-state index >= 15 is 0 Å². The molecule has 9 heteroatoms. The summed E-state index contributed by atoms with van der Waals surface area (Å²) >= 11 is 0. The van der Waals surface area contributed by atoms with Crippen molar-refractivity contribution in [3.8, 4) is 17.2 Å². The zero-order valence-corrected chi connectivity index (χ0v) is 17.6. The maximum atomic E-state index is 12.8. The van der Waals surface area contributed by atoms with Gasteiger partial charge in [0.1, 0.15) is 5.75 Å². The Morgan fingerprint density at radius 1 is 0.966 bits per heavy atom. The van der Waals surface area contributed by atoms with Crippen LogP contribution in [0.15, 0.2) is 41.3 Å². The smallest absolute Gasteiger partial charge is 0.240 e. The second kappa shape index (κ2) is 8.30. The molecule has 0 aromatic heterocycles. The zero-order chi connectivity index (χ0) is 21.2. The predicted molar refractivity (Wildman–Crippen MR) is 108 cm³/mol. The lowest BCUT2D eigenvalue weighted by molar-refractivity contribution is -0.117. The molecule has 0 spiro atoms. The lowest BCUT2D eigenvalue weighted by atomic mass is 10.2. The van der Waals surface area contributed by atoms with E-state index in [9.17, 15) is 13.2 Å². The van der Waals surface area contributed by atoms with Crippen molar-refractivity contribution in [1.29, 1.82) is 0 Å². The maximum Gasteiger partial charge on any atom is 0.240 e. The van der Waals surface area contributed by atoms with Crippen LogP contribution in [0, 0.1) is 6.92 Å². The highest BCUT2D eigenvalue weighted by Gasteiger charge is 2.34. The first-order valence-electron chi connectivity index (χ1n) is 8.98. The molecule has 0 unspecified atom stereocenters. The van der Waals surface area contributed by atoms with Crippen molar-refractivity contribution in [1.82, 2.24) is 4.72 Å². The number of anilines is 1. The highest BCUT2D eigenvalue weighted by atomic mass is 32.2. The van der Waals surface area contributed by atoms with Crippen LogP contribution in [0.3, 0.4) is 0 Å². The van der Waals surface area contributed by atoms with Crippen LogP contribution in [0.1, 0.15) is 12.0 Å². The SMILES string of the molecule is COc1ccc(S(=O)(=O)N[C@H]2CC(=O)N(c3ccc(OC)c(OC)c3)C2)cc1C. The number of nitrogens with zero attached hydrogens (tertiary/aromatic N) is 1. The molecular formula is C20H24N2O6S. The Labute approximate surface area is 170 Å². The number of rotatable bonds is 7. The minimum atomic E-state index is -3.77. The highest BCUT2D eigenvalue weighted by molar-refractivity contribution is 7.89. The average Bonchev–Trinajstić information content (AvgIpc) is 3.06. The molecule has 1 atom stereocenters. The summed E-state index contributed by atoms with van der Waals surface area (Å²) in [5.74, 6) is 1.49. The number of carbonyl (C=O) groups excluding carboxylic acids is 1. The summed E-state index contributed by atoms with van der Waals surface area (Å²) in [6, 6.07) is 9.24. The number of carbonyl (C=O) groups is 1. The second-order valence-corrected chi connectivity index (χ2v) is 8.41. The summed E-state index contributed by atoms with van der Waals surface area (Å²) in [4.78, 5) is 14.2. The fourth-order valence-electron chi connectivity index (χ4n) is 3.33. The summed E-state index contributed by atoms with van der Waals surface area (Å²) in [5.41, 5.74) is 1.33. The lowest BCUT2D eigenvalue weighted by Crippen LogP contribution is -2.37. The third kappa shape index (κ3) is 4.30. The van der Waals surface area contributed by atoms with Crippen LogP contribution in [0.2, 0.25) is 0 Å². The molecule has 156 valence electrons. The molecule has 1 N–H and O–H groups in total. The first-order valence-corrected chi connectivity index (χ1v) is 10.5. The van der Waals surface area contributed by atoms with Crippen molar-refractivity contribution in [2.24, 2.45) is 0 Å². The molecule has 2 aromatic rings. The quantitative estimate of drug-likeness (QED) is 0.737. The summed E-state index contributed by atoms with van der Waals surface area (Å²) < 4.78 is 43.8. The monoisotopic (exact) mass is 420 g/mol. The number of amides is 1. The third-order valence-corrected chi connectivity index (χ3v) is 6.32. The van der Waals surface area contributed by atoms with Crippen LogP contribution >= 0.6 is 0 Å². The largest absolute Gasteiger partial charge is 0.496 e. The average molecular weight is 420 g/mol. The fraction of sp³-hybridized carbons (Fsp3) is 0.350. The van der Waals surface area contributed by atoms with Crippen LogP contribution in [-0.4, -0.2) is 48.2 Å². The molecule has 0 saturated carbocycles. The van der Waals surface area contributed by atoms with Crippen LogP contribution in [-0.2, 0) is 14.8 Å². The molecule has 3 rings (SSSR count). The first kappa shape index (κ1) is 20.9. The Bertz CT molecular complexity index is 1020. The van der Waals surface area contributed by atoms with Gasteiger partial charge in [-0.3, -0.25) is 4.79 Å². The molecule has 1 saturated heterocycles. The van der Waals surface area contributed by atoms with Gasteiger partial charge in [0.05, 0.1) is 26.2 Å². The molecule has 1 aliphatic rings. The van der Waals surface area contributed by atoms with Gasteiger partial charge in [-0.05, 0) is 42.8 Å². The third-order valence-electron chi connectivity index (χ3n) is 4.80. The molecule has 1 amide bonds. The van der Waals surface area contributed by atoms with Gasteiger partial charge in [-0.25, -0.2) is 13.1 Å². The van der Waals surface area contributed by atoms with Gasteiger partial charge in [0, 0.05) is 30.8 Å². The van der Waals surface area contributed by atoms with Crippen molar-refractivity contribution in [2.45, 2.75) is 24.3 Å². The maximum absolute atomic E-state index is 12.8. The van der Waals surface area contributed by atoms with Gasteiger partial charge in [-0.2, -0.15) is 0 Å². The highest BCUT2D eigenvalue weighted by Crippen LogP contribution is 2.33. The normalized spacial score (nSPS) is 16.8. The van der Waals surface area contributed by atoms with E-state index in [-0.39, 0.29) is 23.8 Å². The van der Waals surface area contributed by atoms with Crippen molar-refractivity contribution in [3.63, 3.8) is 0 Å². The number of aryl methyl sites for hydroxylation is 1. The van der Waals surface area contributed by atoms with Crippen LogP contribution in [0.5, 0.6) is 17.2 Å². The van der Waals surface area contributed by atoms with E-state index in [1.54, 1.807) is 37.3 Å². The number of hydrogen-bond donors (Lipinski definition) is 1. The Balaban J connectivity index is 1.77. The Hall–Kier alpha value is -2.78. The minimum absolute atomic E-state index is 0.0721. The summed E-state index contributed by atoms with van der Waals surface area (Å²) in [6.45, 7) is 2.00. The molecule has 8 nitrogen and oxygen atoms in total. The van der Waals surface area contributed by atoms with Gasteiger partial charge in [-0.1, -0.05) is 0 Å². The summed E-state index contributed by atoms with van der Waals surface area (Å²) in [5, 5.41) is 0. The molecule has 1 aliphatic heterocycles. The molecule has 0 radical (unpaired) electrons. The van der Waals surface area contributed by atoms with Gasteiger partial charge in [0.15, 0.2) is 11.5 Å². The number of benzene rings is 2. The lowest BCUT2D eigenvalue weighted by Gasteiger charge is -2.19. The number of sulfonamides is 1. The van der Waals surface area contributed by atoms with Gasteiger partial charge < -0.3 is 19.1 Å². The second-order valence-electron chi connectivity index (χ2n) is 6.70. The van der Waals surface area contributed by atoms with Crippen molar-refractivity contribution in [3.05, 3.63) is 42.0 Å². The zero-order valence-electron chi connectivity index (χ0n) is 16.8. The number of ether oxygens (including phenoxy) is 3. The summed E-state index contributed by atoms with van der Waals surface area (Å²) in [6.07, 6.45) is 0.0721. The van der Waals surface area contributed by atoms with Gasteiger partial charge in [-0.15, -0.1) is 0 Å². The van der Waals surface area contributed by atoms with Crippen LogP contribution in [0.4, 0.5) is 5.69 Å². The van der Waals surface area contributed by atoms with Crippen molar-refractivity contribution < 1.29 is 27.4 Å². The van der Waals surface area contributed by atoms with Gasteiger partial charge in [0.25, 0.3) is 0 Å². The van der Waals surface area contributed by atoms with E-state index in [1.807, 2.05) is 0 Å². The molecular weight excluding hydrogens is 396 g/mol. The topological polar surface area (TPSA) is 94.2 Å². The van der Waals surface area contributed by atoms with Gasteiger partial charge in [0.2, 0.25) is 15.9 Å². The molecule has 0 aliphatic carbocycles. The van der Waals surface area contributed by atoms with Crippen molar-refractivity contribution in [2.75, 3.05) is 32.8 Å². The number of methoxy groups -OCH3 is 3. The number of nitrogens with one attached hydrogen (secondary N) is 1. The molecule has 29 heavy (non-hydrogen) atoms. The number of hydrogen-bond acceptors (Lipinski definition) is 6. The molecule has 0 bridgehead atoms. The Morgan fingerprint density at radius 3 is 2.24 bits per heavy atom. The molecule has 2 aromatic carbocycles. The van der Waals surface area contributed by atoms with Gasteiger partial charge >= 0.3 is 0 Å². The minimum Gasteiger partial charge on any atom is -0.496 e.